The average molecular weight is 384 g/mol. The van der Waals surface area contributed by atoms with Crippen LogP contribution in [0.2, 0.25) is 5.02 Å². The lowest BCUT2D eigenvalue weighted by Crippen LogP contribution is -2.22. The van der Waals surface area contributed by atoms with Gasteiger partial charge in [-0.1, -0.05) is 30.3 Å². The number of rotatable bonds is 9. The summed E-state index contributed by atoms with van der Waals surface area (Å²) in [6.07, 6.45) is 3.12. The lowest BCUT2D eigenvalue weighted by Gasteiger charge is -2.10. The number of ether oxygens (including phenoxy) is 1. The van der Waals surface area contributed by atoms with Gasteiger partial charge >= 0.3 is 0 Å². The van der Waals surface area contributed by atoms with Gasteiger partial charge in [-0.3, -0.25) is 4.79 Å². The van der Waals surface area contributed by atoms with Gasteiger partial charge in [0.15, 0.2) is 0 Å². The van der Waals surface area contributed by atoms with Crippen LogP contribution in [0.25, 0.3) is 11.0 Å². The van der Waals surface area contributed by atoms with Crippen molar-refractivity contribution in [2.75, 3.05) is 6.61 Å². The van der Waals surface area contributed by atoms with Crippen LogP contribution in [0, 0.1) is 0 Å². The van der Waals surface area contributed by atoms with E-state index >= 15 is 0 Å². The van der Waals surface area contributed by atoms with E-state index in [9.17, 15) is 4.79 Å². The van der Waals surface area contributed by atoms with E-state index in [1.54, 1.807) is 0 Å². The van der Waals surface area contributed by atoms with Crippen LogP contribution >= 0.6 is 11.6 Å². The Morgan fingerprint density at radius 3 is 2.74 bits per heavy atom. The Morgan fingerprint density at radius 1 is 1.19 bits per heavy atom. The largest absolute Gasteiger partial charge is 0.494 e. The molecule has 0 saturated heterocycles. The van der Waals surface area contributed by atoms with Crippen molar-refractivity contribution in [1.82, 2.24) is 14.9 Å². The van der Waals surface area contributed by atoms with E-state index in [0.717, 1.165) is 42.0 Å². The van der Waals surface area contributed by atoms with Gasteiger partial charge in [-0.2, -0.15) is 0 Å². The molecule has 1 aromatic heterocycles. The summed E-state index contributed by atoms with van der Waals surface area (Å²) in [5.41, 5.74) is 2.00. The second-order valence-electron chi connectivity index (χ2n) is 6.10. The van der Waals surface area contributed by atoms with Crippen molar-refractivity contribution >= 4 is 28.5 Å². The zero-order valence-corrected chi connectivity index (χ0v) is 15.8. The number of aromatic nitrogens is 2. The molecular weight excluding hydrogens is 362 g/mol. The molecule has 2 aromatic carbocycles. The first kappa shape index (κ1) is 19.0. The fraction of sp³-hybridized carbons (Fsp3) is 0.238. The fourth-order valence-electron chi connectivity index (χ4n) is 2.84. The molecule has 0 unspecified atom stereocenters. The minimum atomic E-state index is -0.204. The lowest BCUT2D eigenvalue weighted by molar-refractivity contribution is -0.116. The molecule has 3 rings (SSSR count). The monoisotopic (exact) mass is 383 g/mol. The summed E-state index contributed by atoms with van der Waals surface area (Å²) in [7, 11) is 0. The minimum absolute atomic E-state index is 0.204. The highest BCUT2D eigenvalue weighted by atomic mass is 35.5. The maximum Gasteiger partial charge on any atom is 0.243 e. The number of hydrogen-bond acceptors (Lipinski definition) is 3. The topological polar surface area (TPSA) is 56.2 Å². The molecule has 140 valence electrons. The van der Waals surface area contributed by atoms with Gasteiger partial charge in [0, 0.05) is 11.6 Å². The Kier molecular flexibility index (Phi) is 6.49. The van der Waals surface area contributed by atoms with Gasteiger partial charge in [-0.05, 0) is 55.3 Å². The van der Waals surface area contributed by atoms with Crippen LogP contribution in [-0.4, -0.2) is 22.1 Å². The number of unbranched alkanes of at least 4 members (excludes halogenated alkanes) is 1. The van der Waals surface area contributed by atoms with Crippen molar-refractivity contribution in [3.05, 3.63) is 72.0 Å². The van der Waals surface area contributed by atoms with Crippen molar-refractivity contribution in [1.29, 1.82) is 0 Å². The number of nitrogens with one attached hydrogen (secondary N) is 1. The van der Waals surface area contributed by atoms with Crippen LogP contribution in [0.15, 0.2) is 61.2 Å². The zero-order chi connectivity index (χ0) is 19.1. The Bertz CT molecular complexity index is 919. The summed E-state index contributed by atoms with van der Waals surface area (Å²) in [5.74, 6) is 1.45. The number of nitrogens with zero attached hydrogens (tertiary/aromatic N) is 2. The van der Waals surface area contributed by atoms with E-state index in [-0.39, 0.29) is 5.91 Å². The Balaban J connectivity index is 1.58. The number of hydrogen-bond donors (Lipinski definition) is 1. The van der Waals surface area contributed by atoms with Crippen molar-refractivity contribution < 1.29 is 9.53 Å². The van der Waals surface area contributed by atoms with Crippen molar-refractivity contribution in [2.45, 2.75) is 25.9 Å². The van der Waals surface area contributed by atoms with Crippen LogP contribution in [0.5, 0.6) is 5.75 Å². The number of amides is 1. The van der Waals surface area contributed by atoms with Crippen LogP contribution in [0.1, 0.15) is 18.7 Å². The molecule has 3 aromatic rings. The van der Waals surface area contributed by atoms with E-state index in [2.05, 4.69) is 21.4 Å². The zero-order valence-electron chi connectivity index (χ0n) is 15.0. The normalized spacial score (nSPS) is 10.7. The van der Waals surface area contributed by atoms with Gasteiger partial charge in [0.1, 0.15) is 11.6 Å². The maximum atomic E-state index is 11.5. The predicted octanol–water partition coefficient (Wildman–Crippen LogP) is 4.35. The first-order valence-electron chi connectivity index (χ1n) is 8.90. The van der Waals surface area contributed by atoms with E-state index < -0.39 is 0 Å². The summed E-state index contributed by atoms with van der Waals surface area (Å²) < 4.78 is 7.89. The van der Waals surface area contributed by atoms with Crippen LogP contribution in [0.4, 0.5) is 0 Å². The average Bonchev–Trinajstić information content (AvgIpc) is 3.05. The standard InChI is InChI=1S/C21H22ClN3O2/c1-2-21(26)23-15-20-24-18-7-3-4-8-19(18)25(20)13-5-6-14-27-17-11-9-16(22)10-12-17/h2-4,7-12H,1,5-6,13-15H2,(H,23,26). The highest BCUT2D eigenvalue weighted by Gasteiger charge is 2.10. The van der Waals surface area contributed by atoms with E-state index in [1.165, 1.54) is 6.08 Å². The molecule has 0 bridgehead atoms. The van der Waals surface area contributed by atoms with Gasteiger partial charge in [0.05, 0.1) is 24.2 Å². The summed E-state index contributed by atoms with van der Waals surface area (Å²) in [6.45, 7) is 5.30. The molecule has 0 aliphatic rings. The molecule has 0 atom stereocenters. The van der Waals surface area contributed by atoms with Crippen molar-refractivity contribution in [3.63, 3.8) is 0 Å². The molecule has 5 nitrogen and oxygen atoms in total. The number of benzene rings is 2. The van der Waals surface area contributed by atoms with Gasteiger partial charge in [0.2, 0.25) is 5.91 Å². The smallest absolute Gasteiger partial charge is 0.243 e. The van der Waals surface area contributed by atoms with Gasteiger partial charge < -0.3 is 14.6 Å². The summed E-state index contributed by atoms with van der Waals surface area (Å²) in [5, 5.41) is 3.50. The van der Waals surface area contributed by atoms with Gasteiger partial charge in [0.25, 0.3) is 0 Å². The highest BCUT2D eigenvalue weighted by Crippen LogP contribution is 2.18. The molecule has 1 amide bonds. The van der Waals surface area contributed by atoms with Gasteiger partial charge in [-0.25, -0.2) is 4.98 Å². The van der Waals surface area contributed by atoms with Gasteiger partial charge in [-0.15, -0.1) is 0 Å². The Hall–Kier alpha value is -2.79. The molecular formula is C21H22ClN3O2. The fourth-order valence-corrected chi connectivity index (χ4v) is 2.97. The predicted molar refractivity (Wildman–Crippen MR) is 108 cm³/mol. The number of imidazole rings is 1. The molecule has 27 heavy (non-hydrogen) atoms. The number of carbonyl (C=O) groups excluding carboxylic acids is 1. The molecule has 0 spiro atoms. The van der Waals surface area contributed by atoms with Crippen molar-refractivity contribution in [3.8, 4) is 5.75 Å². The van der Waals surface area contributed by atoms with E-state index in [4.69, 9.17) is 16.3 Å². The van der Waals surface area contributed by atoms with Crippen LogP contribution < -0.4 is 10.1 Å². The SMILES string of the molecule is C=CC(=O)NCc1nc2ccccc2n1CCCCOc1ccc(Cl)cc1. The number of fused-ring (bicyclic) bond motifs is 1. The minimum Gasteiger partial charge on any atom is -0.494 e. The number of halogens is 1. The quantitative estimate of drug-likeness (QED) is 0.441. The maximum absolute atomic E-state index is 11.5. The third-order valence-corrected chi connectivity index (χ3v) is 4.45. The number of para-hydroxylation sites is 2. The molecule has 6 heteroatoms. The molecule has 1 heterocycles. The highest BCUT2D eigenvalue weighted by molar-refractivity contribution is 6.30. The van der Waals surface area contributed by atoms with E-state index in [1.807, 2.05) is 48.5 Å². The number of carbonyl (C=O) groups is 1. The Labute approximate surface area is 163 Å². The lowest BCUT2D eigenvalue weighted by atomic mass is 10.3. The summed E-state index contributed by atoms with van der Waals surface area (Å²) in [4.78, 5) is 16.1. The molecule has 0 aliphatic carbocycles. The Morgan fingerprint density at radius 2 is 1.96 bits per heavy atom. The van der Waals surface area contributed by atoms with Crippen LogP contribution in [0.3, 0.4) is 0 Å². The molecule has 0 aliphatic heterocycles. The number of aryl methyl sites for hydroxylation is 1. The summed E-state index contributed by atoms with van der Waals surface area (Å²) >= 11 is 5.87. The van der Waals surface area contributed by atoms with Crippen molar-refractivity contribution in [2.24, 2.45) is 0 Å². The third-order valence-electron chi connectivity index (χ3n) is 4.20. The molecule has 1 N–H and O–H groups in total. The van der Waals surface area contributed by atoms with Crippen LogP contribution in [-0.2, 0) is 17.9 Å². The molecule has 0 saturated carbocycles. The third kappa shape index (κ3) is 5.11. The second-order valence-corrected chi connectivity index (χ2v) is 6.54. The first-order chi connectivity index (χ1) is 13.2. The molecule has 0 radical (unpaired) electrons. The molecule has 0 fully saturated rings. The summed E-state index contributed by atoms with van der Waals surface area (Å²) in [6, 6.07) is 15.4. The van der Waals surface area contributed by atoms with E-state index in [0.29, 0.717) is 18.2 Å². The second kappa shape index (κ2) is 9.24. The first-order valence-corrected chi connectivity index (χ1v) is 9.28.